The first kappa shape index (κ1) is 18.5. The van der Waals surface area contributed by atoms with Gasteiger partial charge in [0.15, 0.2) is 0 Å². The zero-order chi connectivity index (χ0) is 18.4. The van der Waals surface area contributed by atoms with Crippen molar-refractivity contribution in [1.82, 2.24) is 0 Å². The summed E-state index contributed by atoms with van der Waals surface area (Å²) in [6, 6.07) is 15.0. The zero-order valence-electron chi connectivity index (χ0n) is 15.7. The van der Waals surface area contributed by atoms with Crippen molar-refractivity contribution < 1.29 is 14.3 Å². The van der Waals surface area contributed by atoms with E-state index in [0.717, 1.165) is 11.7 Å². The highest BCUT2D eigenvalue weighted by Crippen LogP contribution is 2.37. The predicted octanol–water partition coefficient (Wildman–Crippen LogP) is 5.99. The minimum Gasteiger partial charge on any atom is -0.497 e. The number of rotatable bonds is 6. The van der Waals surface area contributed by atoms with Crippen LogP contribution in [0.1, 0.15) is 67.3 Å². The van der Waals surface area contributed by atoms with Crippen LogP contribution < -0.4 is 9.47 Å². The van der Waals surface area contributed by atoms with Crippen LogP contribution >= 0.6 is 0 Å². The average molecular weight is 352 g/mol. The molecule has 3 heteroatoms. The Balaban J connectivity index is 1.57. The summed E-state index contributed by atoms with van der Waals surface area (Å²) in [5.41, 5.74) is 1.94. The van der Waals surface area contributed by atoms with Gasteiger partial charge in [0.25, 0.3) is 0 Å². The van der Waals surface area contributed by atoms with Crippen LogP contribution in [0.5, 0.6) is 11.5 Å². The minimum absolute atomic E-state index is 0.326. The van der Waals surface area contributed by atoms with Gasteiger partial charge >= 0.3 is 5.97 Å². The third kappa shape index (κ3) is 4.66. The Labute approximate surface area is 156 Å². The lowest BCUT2D eigenvalue weighted by molar-refractivity contribution is 0.0734. The van der Waals surface area contributed by atoms with Gasteiger partial charge in [-0.15, -0.1) is 0 Å². The van der Waals surface area contributed by atoms with Crippen LogP contribution in [0, 0.1) is 5.92 Å². The number of benzene rings is 2. The summed E-state index contributed by atoms with van der Waals surface area (Å²) in [6.07, 6.45) is 7.85. The number of carbonyl (C=O) groups excluding carboxylic acids is 1. The normalized spacial score (nSPS) is 19.8. The standard InChI is InChI=1S/C23H28O3/c1-3-4-17-5-7-18(8-6-17)19-9-11-20(12-10-19)23(24)26-22-15-13-21(25-2)14-16-22/h9-18H,3-8H2,1-2H3. The molecule has 0 radical (unpaired) electrons. The Hall–Kier alpha value is -2.29. The van der Waals surface area contributed by atoms with Crippen molar-refractivity contribution in [2.24, 2.45) is 5.92 Å². The quantitative estimate of drug-likeness (QED) is 0.473. The molecule has 2 aromatic carbocycles. The summed E-state index contributed by atoms with van der Waals surface area (Å²) in [6.45, 7) is 2.27. The molecule has 1 aliphatic carbocycles. The molecule has 0 amide bonds. The highest BCUT2D eigenvalue weighted by Gasteiger charge is 2.22. The van der Waals surface area contributed by atoms with Gasteiger partial charge in [-0.05, 0) is 79.5 Å². The number of hydrogen-bond donors (Lipinski definition) is 0. The molecule has 1 fully saturated rings. The van der Waals surface area contributed by atoms with E-state index in [1.54, 1.807) is 31.4 Å². The Morgan fingerprint density at radius 3 is 2.12 bits per heavy atom. The van der Waals surface area contributed by atoms with Gasteiger partial charge in [0.2, 0.25) is 0 Å². The van der Waals surface area contributed by atoms with E-state index in [-0.39, 0.29) is 5.97 Å². The number of hydrogen-bond acceptors (Lipinski definition) is 3. The molecule has 0 N–H and O–H groups in total. The lowest BCUT2D eigenvalue weighted by atomic mass is 9.77. The van der Waals surface area contributed by atoms with E-state index < -0.39 is 0 Å². The molecule has 0 aromatic heterocycles. The van der Waals surface area contributed by atoms with E-state index in [1.165, 1.54) is 44.1 Å². The van der Waals surface area contributed by atoms with Crippen molar-refractivity contribution in [3.8, 4) is 11.5 Å². The molecule has 2 aromatic rings. The monoisotopic (exact) mass is 352 g/mol. The Morgan fingerprint density at radius 1 is 0.923 bits per heavy atom. The molecule has 0 spiro atoms. The lowest BCUT2D eigenvalue weighted by Crippen LogP contribution is -2.13. The summed E-state index contributed by atoms with van der Waals surface area (Å²) in [4.78, 5) is 12.3. The third-order valence-electron chi connectivity index (χ3n) is 5.43. The van der Waals surface area contributed by atoms with Gasteiger partial charge in [-0.3, -0.25) is 0 Å². The largest absolute Gasteiger partial charge is 0.497 e. The molecular formula is C23H28O3. The fourth-order valence-electron chi connectivity index (χ4n) is 3.89. The summed E-state index contributed by atoms with van der Waals surface area (Å²) < 4.78 is 10.5. The first-order chi connectivity index (χ1) is 12.7. The number of esters is 1. The maximum Gasteiger partial charge on any atom is 0.343 e. The molecule has 0 unspecified atom stereocenters. The van der Waals surface area contributed by atoms with Crippen LogP contribution in [0.3, 0.4) is 0 Å². The van der Waals surface area contributed by atoms with Crippen LogP contribution in [0.2, 0.25) is 0 Å². The molecule has 3 nitrogen and oxygen atoms in total. The van der Waals surface area contributed by atoms with Crippen LogP contribution in [-0.2, 0) is 0 Å². The molecule has 26 heavy (non-hydrogen) atoms. The van der Waals surface area contributed by atoms with Crippen molar-refractivity contribution in [1.29, 1.82) is 0 Å². The molecule has 0 bridgehead atoms. The van der Waals surface area contributed by atoms with Gasteiger partial charge in [-0.2, -0.15) is 0 Å². The van der Waals surface area contributed by atoms with Crippen molar-refractivity contribution in [3.05, 3.63) is 59.7 Å². The number of methoxy groups -OCH3 is 1. The van der Waals surface area contributed by atoms with E-state index >= 15 is 0 Å². The Kier molecular flexibility index (Phi) is 6.32. The topological polar surface area (TPSA) is 35.5 Å². The van der Waals surface area contributed by atoms with Crippen molar-refractivity contribution in [2.75, 3.05) is 7.11 Å². The van der Waals surface area contributed by atoms with Crippen molar-refractivity contribution >= 4 is 5.97 Å². The van der Waals surface area contributed by atoms with E-state index in [4.69, 9.17) is 9.47 Å². The van der Waals surface area contributed by atoms with Gasteiger partial charge < -0.3 is 9.47 Å². The second kappa shape index (κ2) is 8.88. The molecule has 1 saturated carbocycles. The predicted molar refractivity (Wildman–Crippen MR) is 104 cm³/mol. The van der Waals surface area contributed by atoms with Crippen LogP contribution in [0.4, 0.5) is 0 Å². The maximum atomic E-state index is 12.3. The minimum atomic E-state index is -0.326. The fourth-order valence-corrected chi connectivity index (χ4v) is 3.89. The van der Waals surface area contributed by atoms with E-state index in [0.29, 0.717) is 17.2 Å². The number of ether oxygens (including phenoxy) is 2. The summed E-state index contributed by atoms with van der Waals surface area (Å²) >= 11 is 0. The Morgan fingerprint density at radius 2 is 1.54 bits per heavy atom. The van der Waals surface area contributed by atoms with Crippen molar-refractivity contribution in [3.63, 3.8) is 0 Å². The second-order valence-corrected chi connectivity index (χ2v) is 7.19. The fraction of sp³-hybridized carbons (Fsp3) is 0.435. The lowest BCUT2D eigenvalue weighted by Gasteiger charge is -2.28. The molecule has 3 rings (SSSR count). The maximum absolute atomic E-state index is 12.3. The van der Waals surface area contributed by atoms with Gasteiger partial charge in [-0.25, -0.2) is 4.79 Å². The van der Waals surface area contributed by atoms with Crippen LogP contribution in [0.25, 0.3) is 0 Å². The van der Waals surface area contributed by atoms with Crippen LogP contribution in [-0.4, -0.2) is 13.1 Å². The van der Waals surface area contributed by atoms with E-state index in [2.05, 4.69) is 19.1 Å². The van der Waals surface area contributed by atoms with Gasteiger partial charge in [-0.1, -0.05) is 31.9 Å². The average Bonchev–Trinajstić information content (AvgIpc) is 2.69. The summed E-state index contributed by atoms with van der Waals surface area (Å²) in [5, 5.41) is 0. The highest BCUT2D eigenvalue weighted by atomic mass is 16.5. The van der Waals surface area contributed by atoms with Crippen molar-refractivity contribution in [2.45, 2.75) is 51.4 Å². The van der Waals surface area contributed by atoms with E-state index in [1.807, 2.05) is 12.1 Å². The molecule has 0 heterocycles. The molecular weight excluding hydrogens is 324 g/mol. The molecule has 1 aliphatic rings. The zero-order valence-corrected chi connectivity index (χ0v) is 15.7. The first-order valence-corrected chi connectivity index (χ1v) is 9.65. The molecule has 138 valence electrons. The molecule has 0 aliphatic heterocycles. The third-order valence-corrected chi connectivity index (χ3v) is 5.43. The van der Waals surface area contributed by atoms with Gasteiger partial charge in [0.1, 0.15) is 11.5 Å². The SMILES string of the molecule is CCCC1CCC(c2ccc(C(=O)Oc3ccc(OC)cc3)cc2)CC1. The first-order valence-electron chi connectivity index (χ1n) is 9.65. The van der Waals surface area contributed by atoms with Gasteiger partial charge in [0.05, 0.1) is 12.7 Å². The summed E-state index contributed by atoms with van der Waals surface area (Å²) in [7, 11) is 1.61. The van der Waals surface area contributed by atoms with Gasteiger partial charge in [0, 0.05) is 0 Å². The smallest absolute Gasteiger partial charge is 0.343 e. The second-order valence-electron chi connectivity index (χ2n) is 7.19. The molecule has 0 saturated heterocycles. The van der Waals surface area contributed by atoms with Crippen LogP contribution in [0.15, 0.2) is 48.5 Å². The molecule has 0 atom stereocenters. The highest BCUT2D eigenvalue weighted by molar-refractivity contribution is 5.91. The summed E-state index contributed by atoms with van der Waals surface area (Å²) in [5.74, 6) is 2.48. The number of carbonyl (C=O) groups is 1. The van der Waals surface area contributed by atoms with E-state index in [9.17, 15) is 4.79 Å². The Bertz CT molecular complexity index is 695.